The number of hydrogen-bond acceptors (Lipinski definition) is 4. The fourth-order valence-electron chi connectivity index (χ4n) is 3.34. The molecule has 0 spiro atoms. The molecular weight excluding hydrogens is 336 g/mol. The smallest absolute Gasteiger partial charge is 0.260 e. The van der Waals surface area contributed by atoms with Gasteiger partial charge in [0, 0.05) is 34.1 Å². The Morgan fingerprint density at radius 3 is 2.56 bits per heavy atom. The molecule has 6 heteroatoms. The number of hydrogen-bond donors (Lipinski definition) is 1. The van der Waals surface area contributed by atoms with E-state index in [0.29, 0.717) is 16.9 Å². The lowest BCUT2D eigenvalue weighted by Gasteiger charge is -2.05. The minimum atomic E-state index is -0.355. The molecule has 0 unspecified atom stereocenters. The maximum atomic E-state index is 12.6. The number of aromatic nitrogens is 1. The summed E-state index contributed by atoms with van der Waals surface area (Å²) in [4.78, 5) is 25.8. The van der Waals surface area contributed by atoms with Crippen molar-refractivity contribution in [2.45, 2.75) is 6.92 Å². The second kappa shape index (κ2) is 5.60. The van der Waals surface area contributed by atoms with Crippen LogP contribution in [-0.4, -0.2) is 23.5 Å². The molecule has 0 bridgehead atoms. The van der Waals surface area contributed by atoms with Gasteiger partial charge in [-0.1, -0.05) is 6.07 Å². The predicted octanol–water partition coefficient (Wildman–Crippen LogP) is 3.12. The van der Waals surface area contributed by atoms with Gasteiger partial charge in [0.1, 0.15) is 5.75 Å². The van der Waals surface area contributed by atoms with E-state index in [1.165, 1.54) is 11.3 Å². The highest BCUT2D eigenvalue weighted by Gasteiger charge is 2.35. The first-order chi connectivity index (χ1) is 12.0. The molecule has 0 aliphatic carbocycles. The van der Waals surface area contributed by atoms with E-state index in [-0.39, 0.29) is 11.8 Å². The van der Waals surface area contributed by atoms with Gasteiger partial charge < -0.3 is 9.30 Å². The summed E-state index contributed by atoms with van der Waals surface area (Å²) in [6, 6.07) is 9.50. The molecule has 1 aliphatic heterocycles. The molecule has 0 atom stereocenters. The Morgan fingerprint density at radius 1 is 1.12 bits per heavy atom. The number of imide groups is 1. The first-order valence-corrected chi connectivity index (χ1v) is 8.68. The van der Waals surface area contributed by atoms with Gasteiger partial charge in [-0.2, -0.15) is 0 Å². The fraction of sp³-hybridized carbons (Fsp3) is 0.158. The van der Waals surface area contributed by atoms with Crippen molar-refractivity contribution in [3.05, 3.63) is 51.8 Å². The van der Waals surface area contributed by atoms with Gasteiger partial charge in [-0.15, -0.1) is 11.3 Å². The molecule has 0 saturated carbocycles. The molecule has 4 rings (SSSR count). The van der Waals surface area contributed by atoms with Gasteiger partial charge in [-0.05, 0) is 36.6 Å². The van der Waals surface area contributed by atoms with E-state index >= 15 is 0 Å². The summed E-state index contributed by atoms with van der Waals surface area (Å²) in [5, 5.41) is 5.24. The number of nitrogens with zero attached hydrogens (tertiary/aromatic N) is 1. The van der Waals surface area contributed by atoms with Gasteiger partial charge in [0.2, 0.25) is 0 Å². The van der Waals surface area contributed by atoms with Gasteiger partial charge in [0.05, 0.1) is 18.3 Å². The molecule has 1 aromatic carbocycles. The van der Waals surface area contributed by atoms with E-state index in [4.69, 9.17) is 4.74 Å². The number of carbonyl (C=O) groups excluding carboxylic acids is 2. The first-order valence-electron chi connectivity index (χ1n) is 7.80. The average molecular weight is 352 g/mol. The van der Waals surface area contributed by atoms with E-state index < -0.39 is 0 Å². The molecule has 25 heavy (non-hydrogen) atoms. The number of thiophene rings is 1. The average Bonchev–Trinajstić information content (AvgIpc) is 3.27. The molecule has 2 aromatic heterocycles. The van der Waals surface area contributed by atoms with E-state index in [0.717, 1.165) is 27.0 Å². The van der Waals surface area contributed by atoms with Gasteiger partial charge in [0.25, 0.3) is 11.8 Å². The zero-order chi connectivity index (χ0) is 17.7. The number of benzene rings is 1. The molecule has 1 aliphatic rings. The normalized spacial score (nSPS) is 14.5. The third-order valence-electron chi connectivity index (χ3n) is 4.65. The maximum absolute atomic E-state index is 12.6. The Labute approximate surface area is 148 Å². The molecule has 0 fully saturated rings. The van der Waals surface area contributed by atoms with Crippen molar-refractivity contribution >= 4 is 45.2 Å². The number of amides is 2. The van der Waals surface area contributed by atoms with Crippen LogP contribution in [0.4, 0.5) is 0 Å². The summed E-state index contributed by atoms with van der Waals surface area (Å²) < 4.78 is 7.37. The van der Waals surface area contributed by atoms with Crippen molar-refractivity contribution in [1.29, 1.82) is 0 Å². The van der Waals surface area contributed by atoms with Crippen LogP contribution >= 0.6 is 11.3 Å². The van der Waals surface area contributed by atoms with Crippen LogP contribution in [0.15, 0.2) is 35.7 Å². The molecule has 1 N–H and O–H groups in total. The minimum absolute atomic E-state index is 0.346. The largest absolute Gasteiger partial charge is 0.497 e. The van der Waals surface area contributed by atoms with E-state index in [1.807, 2.05) is 54.3 Å². The van der Waals surface area contributed by atoms with Crippen LogP contribution in [0.3, 0.4) is 0 Å². The van der Waals surface area contributed by atoms with Crippen LogP contribution in [0.5, 0.6) is 5.75 Å². The number of fused-ring (bicyclic) bond motifs is 1. The second-order valence-corrected chi connectivity index (χ2v) is 6.86. The number of rotatable bonds is 3. The Kier molecular flexibility index (Phi) is 3.51. The van der Waals surface area contributed by atoms with Crippen molar-refractivity contribution < 1.29 is 14.3 Å². The molecule has 2 amide bonds. The lowest BCUT2D eigenvalue weighted by molar-refractivity contribution is -0.122. The van der Waals surface area contributed by atoms with Crippen molar-refractivity contribution in [2.24, 2.45) is 7.05 Å². The molecule has 3 heterocycles. The third-order valence-corrected chi connectivity index (χ3v) is 5.54. The van der Waals surface area contributed by atoms with Crippen molar-refractivity contribution in [3.63, 3.8) is 0 Å². The van der Waals surface area contributed by atoms with E-state index in [9.17, 15) is 9.59 Å². The maximum Gasteiger partial charge on any atom is 0.260 e. The molecule has 0 saturated heterocycles. The van der Waals surface area contributed by atoms with Crippen LogP contribution in [0, 0.1) is 6.92 Å². The number of methoxy groups -OCH3 is 1. The number of nitrogens with one attached hydrogen (secondary N) is 1. The summed E-state index contributed by atoms with van der Waals surface area (Å²) in [7, 11) is 3.56. The molecule has 5 nitrogen and oxygen atoms in total. The van der Waals surface area contributed by atoms with E-state index in [2.05, 4.69) is 5.32 Å². The zero-order valence-corrected chi connectivity index (χ0v) is 14.9. The number of aryl methyl sites for hydroxylation is 1. The minimum Gasteiger partial charge on any atom is -0.497 e. The molecule has 0 radical (unpaired) electrons. The highest BCUT2D eigenvalue weighted by molar-refractivity contribution is 7.11. The monoisotopic (exact) mass is 352 g/mol. The van der Waals surface area contributed by atoms with Gasteiger partial charge in [0.15, 0.2) is 0 Å². The van der Waals surface area contributed by atoms with Gasteiger partial charge >= 0.3 is 0 Å². The van der Waals surface area contributed by atoms with Crippen LogP contribution in [0.25, 0.3) is 22.0 Å². The standard InChI is InChI=1S/C19H16N2O3S/c1-10-15(12-9-11(24-3)6-7-13(12)21(10)2)17-16(14-5-4-8-25-14)18(22)20-19(17)23/h4-9H,1-3H3,(H,20,22,23). The first kappa shape index (κ1) is 15.7. The van der Waals surface area contributed by atoms with Gasteiger partial charge in [-0.25, -0.2) is 0 Å². The van der Waals surface area contributed by atoms with E-state index in [1.54, 1.807) is 7.11 Å². The van der Waals surface area contributed by atoms with Crippen molar-refractivity contribution in [1.82, 2.24) is 9.88 Å². The summed E-state index contributed by atoms with van der Waals surface area (Å²) in [5.41, 5.74) is 3.57. The Hall–Kier alpha value is -2.86. The lowest BCUT2D eigenvalue weighted by Crippen LogP contribution is -2.22. The van der Waals surface area contributed by atoms with Crippen LogP contribution in [0.1, 0.15) is 16.1 Å². The number of ether oxygens (including phenoxy) is 1. The highest BCUT2D eigenvalue weighted by atomic mass is 32.1. The highest BCUT2D eigenvalue weighted by Crippen LogP contribution is 2.40. The van der Waals surface area contributed by atoms with Crippen LogP contribution in [-0.2, 0) is 16.6 Å². The molecule has 3 aromatic rings. The Balaban J connectivity index is 2.11. The zero-order valence-electron chi connectivity index (χ0n) is 14.0. The second-order valence-electron chi connectivity index (χ2n) is 5.91. The summed E-state index contributed by atoms with van der Waals surface area (Å²) in [6.45, 7) is 1.96. The number of carbonyl (C=O) groups is 2. The lowest BCUT2D eigenvalue weighted by atomic mass is 9.97. The quantitative estimate of drug-likeness (QED) is 0.737. The fourth-order valence-corrected chi connectivity index (χ4v) is 4.12. The Bertz CT molecular complexity index is 1060. The summed E-state index contributed by atoms with van der Waals surface area (Å²) in [6.07, 6.45) is 0. The SMILES string of the molecule is COc1ccc2c(c1)c(C1=C(c3cccs3)C(=O)NC1=O)c(C)n2C. The van der Waals surface area contributed by atoms with Crippen molar-refractivity contribution in [2.75, 3.05) is 7.11 Å². The van der Waals surface area contributed by atoms with Crippen LogP contribution in [0.2, 0.25) is 0 Å². The summed E-state index contributed by atoms with van der Waals surface area (Å²) in [5.74, 6) is 0.0101. The molecule has 126 valence electrons. The van der Waals surface area contributed by atoms with Gasteiger partial charge in [-0.3, -0.25) is 14.9 Å². The molecular formula is C19H16N2O3S. The Morgan fingerprint density at radius 2 is 1.88 bits per heavy atom. The van der Waals surface area contributed by atoms with Crippen LogP contribution < -0.4 is 10.1 Å². The summed E-state index contributed by atoms with van der Waals surface area (Å²) >= 11 is 1.45. The third kappa shape index (κ3) is 2.21. The van der Waals surface area contributed by atoms with Crippen molar-refractivity contribution in [3.8, 4) is 5.75 Å². The predicted molar refractivity (Wildman–Crippen MR) is 98.5 cm³/mol. The topological polar surface area (TPSA) is 60.3 Å².